The second-order valence-electron chi connectivity index (χ2n) is 4.32. The number of benzene rings is 1. The first-order chi connectivity index (χ1) is 9.77. The van der Waals surface area contributed by atoms with Crippen molar-refractivity contribution in [3.8, 4) is 0 Å². The summed E-state index contributed by atoms with van der Waals surface area (Å²) >= 11 is 0. The van der Waals surface area contributed by atoms with Crippen molar-refractivity contribution < 1.29 is 35.5 Å². The molecule has 0 amide bonds. The molecule has 1 aliphatic heterocycles. The Hall–Kier alpha value is -0.870. The Morgan fingerprint density at radius 2 is 1.24 bits per heavy atom. The number of aliphatic hydroxyl groups excluding tert-OH is 1. The number of hydrogen-bond acceptors (Lipinski definition) is 3. The second kappa shape index (κ2) is 6.09. The highest BCUT2D eigenvalue weighted by molar-refractivity contribution is 8.03. The van der Waals surface area contributed by atoms with Crippen LogP contribution >= 0.6 is 0 Å². The lowest BCUT2D eigenvalue weighted by atomic mass is 10.1. The minimum Gasteiger partial charge on any atom is -0.386 e. The van der Waals surface area contributed by atoms with Crippen LogP contribution in [0.15, 0.2) is 0 Å². The van der Waals surface area contributed by atoms with Gasteiger partial charge in [0.2, 0.25) is 5.82 Å². The summed E-state index contributed by atoms with van der Waals surface area (Å²) in [6.45, 7) is 0. The van der Waals surface area contributed by atoms with Crippen molar-refractivity contribution >= 4 is 21.6 Å². The Kier molecular flexibility index (Phi) is 4.79. The third-order valence-corrected chi connectivity index (χ3v) is 7.23. The molecule has 10 heteroatoms. The van der Waals surface area contributed by atoms with Gasteiger partial charge in [0.05, 0.1) is 5.56 Å². The van der Waals surface area contributed by atoms with Gasteiger partial charge in [0, 0.05) is 33.1 Å². The predicted molar refractivity (Wildman–Crippen MR) is 65.6 cm³/mol. The molecule has 0 saturated carbocycles. The Bertz CT molecular complexity index is 592. The molecule has 0 bridgehead atoms. The van der Waals surface area contributed by atoms with Crippen LogP contribution in [0.5, 0.6) is 0 Å². The van der Waals surface area contributed by atoms with Gasteiger partial charge in [-0.3, -0.25) is 8.42 Å². The maximum absolute atomic E-state index is 13.6. The van der Waals surface area contributed by atoms with Crippen LogP contribution < -0.4 is 0 Å². The zero-order valence-electron chi connectivity index (χ0n) is 10.2. The number of aliphatic hydroxyl groups is 1. The molecule has 0 radical (unpaired) electrons. The average molecular weight is 348 g/mol. The van der Waals surface area contributed by atoms with Crippen molar-refractivity contribution in [1.82, 2.24) is 0 Å². The van der Waals surface area contributed by atoms with Crippen LogP contribution in [0.4, 0.5) is 22.0 Å². The lowest BCUT2D eigenvalue weighted by molar-refractivity contribution is 0.177. The van der Waals surface area contributed by atoms with E-state index in [1.165, 1.54) is 0 Å². The van der Waals surface area contributed by atoms with E-state index >= 15 is 0 Å². The largest absolute Gasteiger partial charge is 0.386 e. The number of rotatable bonds is 2. The summed E-state index contributed by atoms with van der Waals surface area (Å²) in [5, 5.41) is 9.87. The Morgan fingerprint density at radius 1 is 0.857 bits per heavy atom. The quantitative estimate of drug-likeness (QED) is 0.502. The van der Waals surface area contributed by atoms with Gasteiger partial charge in [0.15, 0.2) is 23.3 Å². The van der Waals surface area contributed by atoms with Crippen molar-refractivity contribution in [2.45, 2.75) is 17.1 Å². The van der Waals surface area contributed by atoms with E-state index in [1.807, 2.05) is 0 Å². The van der Waals surface area contributed by atoms with Gasteiger partial charge < -0.3 is 5.11 Å². The molecular weight excluding hydrogens is 339 g/mol. The SMILES string of the molecule is O=[S@@]1CCC[S@@](=O)C1[C@@H](O)c1c(F)c(F)c(F)c(F)c1F. The molecular formula is C11H9F5O3S2. The monoisotopic (exact) mass is 348 g/mol. The van der Waals surface area contributed by atoms with Gasteiger partial charge in [-0.15, -0.1) is 0 Å². The Labute approximate surface area is 121 Å². The van der Waals surface area contributed by atoms with Crippen LogP contribution in [0.3, 0.4) is 0 Å². The van der Waals surface area contributed by atoms with E-state index in [0.717, 1.165) is 0 Å². The molecule has 1 aliphatic rings. The van der Waals surface area contributed by atoms with E-state index in [0.29, 0.717) is 6.42 Å². The third kappa shape index (κ3) is 2.76. The summed E-state index contributed by atoms with van der Waals surface area (Å²) < 4.78 is 88.2. The van der Waals surface area contributed by atoms with Gasteiger partial charge in [-0.2, -0.15) is 0 Å². The Morgan fingerprint density at radius 3 is 1.67 bits per heavy atom. The van der Waals surface area contributed by atoms with Gasteiger partial charge >= 0.3 is 0 Å². The molecule has 0 unspecified atom stereocenters. The molecule has 1 aromatic rings. The van der Waals surface area contributed by atoms with Gasteiger partial charge in [-0.05, 0) is 6.42 Å². The summed E-state index contributed by atoms with van der Waals surface area (Å²) in [7, 11) is -3.79. The zero-order valence-corrected chi connectivity index (χ0v) is 11.9. The Balaban J connectivity index is 2.56. The molecule has 1 heterocycles. The lowest BCUT2D eigenvalue weighted by Gasteiger charge is -2.26. The summed E-state index contributed by atoms with van der Waals surface area (Å²) in [5.41, 5.74) is -1.50. The van der Waals surface area contributed by atoms with E-state index < -0.39 is 66.9 Å². The van der Waals surface area contributed by atoms with Crippen LogP contribution in [0.2, 0.25) is 0 Å². The van der Waals surface area contributed by atoms with Crippen LogP contribution in [0, 0.1) is 29.1 Å². The van der Waals surface area contributed by atoms with Crippen molar-refractivity contribution in [1.29, 1.82) is 0 Å². The average Bonchev–Trinajstić information content (AvgIpc) is 2.43. The maximum atomic E-state index is 13.6. The highest BCUT2D eigenvalue weighted by Crippen LogP contribution is 2.33. The van der Waals surface area contributed by atoms with Crippen molar-refractivity contribution in [2.24, 2.45) is 0 Å². The molecule has 1 N–H and O–H groups in total. The van der Waals surface area contributed by atoms with E-state index in [4.69, 9.17) is 0 Å². The fourth-order valence-corrected chi connectivity index (χ4v) is 5.89. The molecule has 1 fully saturated rings. The molecule has 21 heavy (non-hydrogen) atoms. The van der Waals surface area contributed by atoms with Gasteiger partial charge in [-0.1, -0.05) is 0 Å². The second-order valence-corrected chi connectivity index (χ2v) is 7.97. The van der Waals surface area contributed by atoms with Crippen LogP contribution in [0.1, 0.15) is 18.1 Å². The first-order valence-corrected chi connectivity index (χ1v) is 8.47. The van der Waals surface area contributed by atoms with Crippen LogP contribution in [-0.4, -0.2) is 29.6 Å². The van der Waals surface area contributed by atoms with Crippen molar-refractivity contribution in [3.05, 3.63) is 34.6 Å². The van der Waals surface area contributed by atoms with Crippen LogP contribution in [0.25, 0.3) is 0 Å². The van der Waals surface area contributed by atoms with E-state index in [-0.39, 0.29) is 11.5 Å². The van der Waals surface area contributed by atoms with E-state index in [2.05, 4.69) is 0 Å². The molecule has 3 atom stereocenters. The molecule has 1 aromatic carbocycles. The van der Waals surface area contributed by atoms with E-state index in [1.54, 1.807) is 0 Å². The van der Waals surface area contributed by atoms with Crippen molar-refractivity contribution in [2.75, 3.05) is 11.5 Å². The van der Waals surface area contributed by atoms with E-state index in [9.17, 15) is 35.5 Å². The standard InChI is InChI=1S/C11H9F5O3S2/c12-5-4(6(13)8(15)9(16)7(5)14)10(17)11-20(18)2-1-3-21(11)19/h10-11,17H,1-3H2/t10-,20+,21+/m0/s1. The first-order valence-electron chi connectivity index (χ1n) is 5.71. The van der Waals surface area contributed by atoms with Crippen molar-refractivity contribution in [3.63, 3.8) is 0 Å². The fraction of sp³-hybridized carbons (Fsp3) is 0.455. The zero-order chi connectivity index (χ0) is 15.9. The van der Waals surface area contributed by atoms with Gasteiger partial charge in [0.25, 0.3) is 0 Å². The summed E-state index contributed by atoms with van der Waals surface area (Å²) in [6, 6.07) is 0. The van der Waals surface area contributed by atoms with Gasteiger partial charge in [0.1, 0.15) is 10.7 Å². The minimum atomic E-state index is -2.35. The third-order valence-electron chi connectivity index (χ3n) is 3.01. The molecule has 3 nitrogen and oxygen atoms in total. The molecule has 0 aromatic heterocycles. The highest BCUT2D eigenvalue weighted by Gasteiger charge is 2.40. The smallest absolute Gasteiger partial charge is 0.200 e. The summed E-state index contributed by atoms with van der Waals surface area (Å²) in [4.78, 5) is 0. The first kappa shape index (κ1) is 16.5. The molecule has 2 rings (SSSR count). The summed E-state index contributed by atoms with van der Waals surface area (Å²) in [5.74, 6) is -11.1. The van der Waals surface area contributed by atoms with Gasteiger partial charge in [-0.25, -0.2) is 22.0 Å². The normalized spacial score (nSPS) is 25.0. The number of halogens is 5. The fourth-order valence-electron chi connectivity index (χ4n) is 2.00. The topological polar surface area (TPSA) is 54.4 Å². The molecule has 0 spiro atoms. The van der Waals surface area contributed by atoms with Crippen LogP contribution in [-0.2, 0) is 21.6 Å². The molecule has 118 valence electrons. The number of hydrogen-bond donors (Lipinski definition) is 1. The molecule has 1 saturated heterocycles. The summed E-state index contributed by atoms with van der Waals surface area (Å²) in [6.07, 6.45) is -1.99. The molecule has 0 aliphatic carbocycles. The maximum Gasteiger partial charge on any atom is 0.200 e. The lowest BCUT2D eigenvalue weighted by Crippen LogP contribution is -2.37. The highest BCUT2D eigenvalue weighted by atomic mass is 32.2. The predicted octanol–water partition coefficient (Wildman–Crippen LogP) is 1.64. The minimum absolute atomic E-state index is 0.0306.